The molecule has 0 radical (unpaired) electrons. The lowest BCUT2D eigenvalue weighted by molar-refractivity contribution is -0.119. The Kier molecular flexibility index (Phi) is 6.23. The molecule has 178 valence electrons. The molecular weight excluding hydrogens is 486 g/mol. The van der Waals surface area contributed by atoms with Crippen LogP contribution >= 0.6 is 11.3 Å². The Morgan fingerprint density at radius 2 is 1.83 bits per heavy atom. The molecule has 1 N–H and O–H groups in total. The standard InChI is InChI=1S/C25H21N3O5S2/c29-23(27-25-26-20-11-2-4-13-22(20)34-25)16-33-24(30)18-8-5-10-19(15-18)35(31,32)28-14-6-9-17-7-1-3-12-21(17)28/h1-5,7-8,10-13,15H,6,9,14,16H2,(H,26,27,29). The van der Waals surface area contributed by atoms with Crippen LogP contribution in [0.3, 0.4) is 0 Å². The second-order valence-electron chi connectivity index (χ2n) is 7.95. The first-order valence-electron chi connectivity index (χ1n) is 10.9. The molecule has 0 spiro atoms. The van der Waals surface area contributed by atoms with Gasteiger partial charge in [-0.2, -0.15) is 0 Å². The molecule has 1 aliphatic heterocycles. The third-order valence-electron chi connectivity index (χ3n) is 5.60. The summed E-state index contributed by atoms with van der Waals surface area (Å²) in [6.07, 6.45) is 1.52. The molecule has 4 aromatic rings. The van der Waals surface area contributed by atoms with Crippen LogP contribution in [0.2, 0.25) is 0 Å². The smallest absolute Gasteiger partial charge is 0.338 e. The molecule has 1 aliphatic rings. The lowest BCUT2D eigenvalue weighted by atomic mass is 10.0. The van der Waals surface area contributed by atoms with Crippen molar-refractivity contribution in [2.75, 3.05) is 22.8 Å². The fourth-order valence-electron chi connectivity index (χ4n) is 3.95. The summed E-state index contributed by atoms with van der Waals surface area (Å²) in [7, 11) is -3.88. The summed E-state index contributed by atoms with van der Waals surface area (Å²) >= 11 is 1.31. The van der Waals surface area contributed by atoms with Gasteiger partial charge in [-0.1, -0.05) is 47.7 Å². The van der Waals surface area contributed by atoms with Crippen LogP contribution in [0.4, 0.5) is 10.8 Å². The van der Waals surface area contributed by atoms with Crippen molar-refractivity contribution >= 4 is 54.3 Å². The molecule has 8 nitrogen and oxygen atoms in total. The minimum absolute atomic E-state index is 0.0115. The number of anilines is 2. The summed E-state index contributed by atoms with van der Waals surface area (Å²) in [5.74, 6) is -1.33. The number of hydrogen-bond acceptors (Lipinski definition) is 7. The van der Waals surface area contributed by atoms with Gasteiger partial charge in [0.2, 0.25) is 0 Å². The third kappa shape index (κ3) is 4.75. The maximum Gasteiger partial charge on any atom is 0.338 e. The van der Waals surface area contributed by atoms with E-state index in [0.29, 0.717) is 23.8 Å². The fourth-order valence-corrected chi connectivity index (χ4v) is 6.42. The van der Waals surface area contributed by atoms with Gasteiger partial charge in [0.25, 0.3) is 15.9 Å². The van der Waals surface area contributed by atoms with Gasteiger partial charge in [0.15, 0.2) is 11.7 Å². The summed E-state index contributed by atoms with van der Waals surface area (Å²) in [6, 6.07) is 20.5. The number of carbonyl (C=O) groups excluding carboxylic acids is 2. The highest BCUT2D eigenvalue weighted by molar-refractivity contribution is 7.92. The first-order valence-corrected chi connectivity index (χ1v) is 13.2. The molecule has 35 heavy (non-hydrogen) atoms. The average Bonchev–Trinajstić information content (AvgIpc) is 3.29. The van der Waals surface area contributed by atoms with E-state index in [1.807, 2.05) is 36.4 Å². The number of sulfonamides is 1. The van der Waals surface area contributed by atoms with Crippen LogP contribution < -0.4 is 9.62 Å². The molecule has 10 heteroatoms. The van der Waals surface area contributed by atoms with Crippen LogP contribution in [-0.4, -0.2) is 38.4 Å². The molecule has 5 rings (SSSR count). The molecule has 0 atom stereocenters. The number of aromatic nitrogens is 1. The molecule has 3 aromatic carbocycles. The number of aryl methyl sites for hydroxylation is 1. The highest BCUT2D eigenvalue weighted by atomic mass is 32.2. The second-order valence-corrected chi connectivity index (χ2v) is 10.8. The molecule has 1 aromatic heterocycles. The van der Waals surface area contributed by atoms with Crippen LogP contribution in [-0.2, 0) is 26.0 Å². The van der Waals surface area contributed by atoms with Crippen molar-refractivity contribution in [2.45, 2.75) is 17.7 Å². The van der Waals surface area contributed by atoms with Gasteiger partial charge < -0.3 is 4.74 Å². The van der Waals surface area contributed by atoms with Crippen molar-refractivity contribution < 1.29 is 22.7 Å². The van der Waals surface area contributed by atoms with Gasteiger partial charge in [0.05, 0.1) is 26.4 Å². The molecule has 0 unspecified atom stereocenters. The lowest BCUT2D eigenvalue weighted by Crippen LogP contribution is -2.35. The van der Waals surface area contributed by atoms with Crippen LogP contribution in [0.5, 0.6) is 0 Å². The molecule has 2 heterocycles. The van der Waals surface area contributed by atoms with Crippen LogP contribution in [0, 0.1) is 0 Å². The molecule has 0 saturated heterocycles. The van der Waals surface area contributed by atoms with Gasteiger partial charge >= 0.3 is 5.97 Å². The number of para-hydroxylation sites is 2. The van der Waals surface area contributed by atoms with Gasteiger partial charge in [0.1, 0.15) is 0 Å². The van der Waals surface area contributed by atoms with Gasteiger partial charge in [-0.3, -0.25) is 14.4 Å². The van der Waals surface area contributed by atoms with Crippen molar-refractivity contribution in [3.8, 4) is 0 Å². The van der Waals surface area contributed by atoms with E-state index >= 15 is 0 Å². The summed E-state index contributed by atoms with van der Waals surface area (Å²) in [5, 5.41) is 3.02. The topological polar surface area (TPSA) is 106 Å². The van der Waals surface area contributed by atoms with Crippen LogP contribution in [0.15, 0.2) is 77.7 Å². The largest absolute Gasteiger partial charge is 0.452 e. The summed E-state index contributed by atoms with van der Waals surface area (Å²) in [4.78, 5) is 29.1. The fraction of sp³-hybridized carbons (Fsp3) is 0.160. The third-order valence-corrected chi connectivity index (χ3v) is 8.36. The van der Waals surface area contributed by atoms with E-state index in [2.05, 4.69) is 10.3 Å². The quantitative estimate of drug-likeness (QED) is 0.392. The maximum absolute atomic E-state index is 13.4. The average molecular weight is 508 g/mol. The number of esters is 1. The Morgan fingerprint density at radius 3 is 2.69 bits per heavy atom. The zero-order valence-electron chi connectivity index (χ0n) is 18.5. The number of nitrogens with one attached hydrogen (secondary N) is 1. The highest BCUT2D eigenvalue weighted by Crippen LogP contribution is 2.32. The van der Waals surface area contributed by atoms with Crippen LogP contribution in [0.1, 0.15) is 22.3 Å². The van der Waals surface area contributed by atoms with Crippen molar-refractivity contribution in [3.05, 3.63) is 83.9 Å². The number of rotatable bonds is 6. The zero-order chi connectivity index (χ0) is 24.4. The van der Waals surface area contributed by atoms with E-state index in [1.54, 1.807) is 12.1 Å². The lowest BCUT2D eigenvalue weighted by Gasteiger charge is -2.30. The molecule has 1 amide bonds. The maximum atomic E-state index is 13.4. The second kappa shape index (κ2) is 9.47. The Hall–Kier alpha value is -3.76. The number of hydrogen-bond donors (Lipinski definition) is 1. The van der Waals surface area contributed by atoms with E-state index in [0.717, 1.165) is 22.2 Å². The van der Waals surface area contributed by atoms with Gasteiger partial charge in [-0.25, -0.2) is 18.2 Å². The van der Waals surface area contributed by atoms with Crippen molar-refractivity contribution in [2.24, 2.45) is 0 Å². The normalized spacial score (nSPS) is 13.3. The van der Waals surface area contributed by atoms with E-state index in [4.69, 9.17) is 4.74 Å². The molecule has 0 aliphatic carbocycles. The predicted molar refractivity (Wildman–Crippen MR) is 134 cm³/mol. The Morgan fingerprint density at radius 1 is 1.03 bits per heavy atom. The number of benzene rings is 3. The number of ether oxygens (including phenoxy) is 1. The monoisotopic (exact) mass is 507 g/mol. The van der Waals surface area contributed by atoms with E-state index in [1.165, 1.54) is 39.9 Å². The zero-order valence-corrected chi connectivity index (χ0v) is 20.1. The summed E-state index contributed by atoms with van der Waals surface area (Å²) < 4.78 is 34.2. The van der Waals surface area contributed by atoms with Crippen molar-refractivity contribution in [1.82, 2.24) is 4.98 Å². The summed E-state index contributed by atoms with van der Waals surface area (Å²) in [6.45, 7) is -0.162. The number of amides is 1. The van der Waals surface area contributed by atoms with Gasteiger partial charge in [0, 0.05) is 6.54 Å². The van der Waals surface area contributed by atoms with Crippen molar-refractivity contribution in [3.63, 3.8) is 0 Å². The number of fused-ring (bicyclic) bond motifs is 2. The highest BCUT2D eigenvalue weighted by Gasteiger charge is 2.29. The predicted octanol–water partition coefficient (Wildman–Crippen LogP) is 4.23. The minimum Gasteiger partial charge on any atom is -0.452 e. The van der Waals surface area contributed by atoms with E-state index in [-0.39, 0.29) is 10.5 Å². The first kappa shape index (κ1) is 23.0. The number of thiazole rings is 1. The van der Waals surface area contributed by atoms with Crippen LogP contribution in [0.25, 0.3) is 10.2 Å². The molecular formula is C25H21N3O5S2. The summed E-state index contributed by atoms with van der Waals surface area (Å²) in [5.41, 5.74) is 2.43. The Labute approximate surface area is 206 Å². The van der Waals surface area contributed by atoms with E-state index in [9.17, 15) is 18.0 Å². The SMILES string of the molecule is O=C(COC(=O)c1cccc(S(=O)(=O)N2CCCc3ccccc32)c1)Nc1nc2ccccc2s1. The van der Waals surface area contributed by atoms with Gasteiger partial charge in [-0.15, -0.1) is 0 Å². The first-order chi connectivity index (χ1) is 16.9. The minimum atomic E-state index is -3.88. The Bertz CT molecular complexity index is 1500. The Balaban J connectivity index is 1.27. The molecule has 0 fully saturated rings. The molecule has 0 saturated carbocycles. The van der Waals surface area contributed by atoms with E-state index < -0.39 is 28.5 Å². The number of carbonyl (C=O) groups is 2. The molecule has 0 bridgehead atoms. The number of nitrogens with zero attached hydrogens (tertiary/aromatic N) is 2. The van der Waals surface area contributed by atoms with Crippen molar-refractivity contribution in [1.29, 1.82) is 0 Å². The van der Waals surface area contributed by atoms with Gasteiger partial charge in [-0.05, 0) is 54.8 Å².